The summed E-state index contributed by atoms with van der Waals surface area (Å²) in [5.41, 5.74) is -0.503. The molecule has 3 rings (SSSR count). The van der Waals surface area contributed by atoms with E-state index in [9.17, 15) is 18.0 Å². The number of ketones is 1. The Morgan fingerprint density at radius 3 is 2.45 bits per heavy atom. The highest BCUT2D eigenvalue weighted by molar-refractivity contribution is 5.99. The number of nitrogens with one attached hydrogen (secondary N) is 1. The Labute approximate surface area is 126 Å². The van der Waals surface area contributed by atoms with E-state index in [4.69, 9.17) is 4.74 Å². The number of carbonyl (C=O) groups excluding carboxylic acids is 1. The number of benzene rings is 1. The Morgan fingerprint density at radius 1 is 1.23 bits per heavy atom. The smallest absolute Gasteiger partial charge is 0.378 e. The van der Waals surface area contributed by atoms with Gasteiger partial charge in [-0.25, -0.2) is 0 Å². The van der Waals surface area contributed by atoms with Gasteiger partial charge in [0.25, 0.3) is 0 Å². The topological polar surface area (TPSA) is 38.3 Å². The van der Waals surface area contributed by atoms with Gasteiger partial charge in [-0.1, -0.05) is 12.1 Å². The number of fused-ring (bicyclic) bond motifs is 2. The zero-order valence-electron chi connectivity index (χ0n) is 12.2. The summed E-state index contributed by atoms with van der Waals surface area (Å²) in [6.45, 7) is 2.49. The SMILES string of the molecule is Cc1c(C(=O)C2CC3COCC(C2)N3)cccc1C(F)(F)F. The normalized spacial score (nSPS) is 28.5. The van der Waals surface area contributed by atoms with Gasteiger partial charge in [0.05, 0.1) is 18.8 Å². The van der Waals surface area contributed by atoms with E-state index in [-0.39, 0.29) is 34.9 Å². The zero-order valence-corrected chi connectivity index (χ0v) is 12.2. The van der Waals surface area contributed by atoms with E-state index in [0.717, 1.165) is 6.07 Å². The highest BCUT2D eigenvalue weighted by Crippen LogP contribution is 2.35. The molecule has 1 aromatic carbocycles. The van der Waals surface area contributed by atoms with Crippen molar-refractivity contribution in [2.45, 2.75) is 38.0 Å². The lowest BCUT2D eigenvalue weighted by Gasteiger charge is -2.39. The fourth-order valence-corrected chi connectivity index (χ4v) is 3.48. The van der Waals surface area contributed by atoms with Crippen molar-refractivity contribution in [2.24, 2.45) is 5.92 Å². The summed E-state index contributed by atoms with van der Waals surface area (Å²) < 4.78 is 44.4. The summed E-state index contributed by atoms with van der Waals surface area (Å²) in [6.07, 6.45) is -3.20. The van der Waals surface area contributed by atoms with Crippen LogP contribution in [0.15, 0.2) is 18.2 Å². The zero-order chi connectivity index (χ0) is 15.9. The lowest BCUT2D eigenvalue weighted by atomic mass is 9.81. The summed E-state index contributed by atoms with van der Waals surface area (Å²) in [6, 6.07) is 4.08. The van der Waals surface area contributed by atoms with Gasteiger partial charge in [0.1, 0.15) is 0 Å². The van der Waals surface area contributed by atoms with Crippen LogP contribution in [0.3, 0.4) is 0 Å². The van der Waals surface area contributed by atoms with Crippen LogP contribution < -0.4 is 5.32 Å². The minimum absolute atomic E-state index is 0.0277. The first-order valence-corrected chi connectivity index (χ1v) is 7.41. The molecule has 0 spiro atoms. The molecule has 22 heavy (non-hydrogen) atoms. The van der Waals surface area contributed by atoms with Crippen molar-refractivity contribution in [3.05, 3.63) is 34.9 Å². The van der Waals surface area contributed by atoms with E-state index < -0.39 is 11.7 Å². The Bertz CT molecular complexity index is 573. The maximum atomic E-state index is 13.0. The maximum Gasteiger partial charge on any atom is 0.416 e. The van der Waals surface area contributed by atoms with Crippen LogP contribution in [0.5, 0.6) is 0 Å². The van der Waals surface area contributed by atoms with E-state index in [1.54, 1.807) is 0 Å². The maximum absolute atomic E-state index is 13.0. The predicted molar refractivity (Wildman–Crippen MR) is 74.8 cm³/mol. The molecule has 2 aliphatic rings. The Morgan fingerprint density at radius 2 is 1.86 bits per heavy atom. The molecule has 0 radical (unpaired) electrons. The third kappa shape index (κ3) is 2.90. The molecule has 2 bridgehead atoms. The van der Waals surface area contributed by atoms with Crippen LogP contribution in [0.1, 0.15) is 34.3 Å². The second-order valence-electron chi connectivity index (χ2n) is 6.11. The van der Waals surface area contributed by atoms with Crippen molar-refractivity contribution in [3.63, 3.8) is 0 Å². The van der Waals surface area contributed by atoms with Crippen molar-refractivity contribution < 1.29 is 22.7 Å². The second kappa shape index (κ2) is 5.66. The van der Waals surface area contributed by atoms with Crippen molar-refractivity contribution in [3.8, 4) is 0 Å². The fourth-order valence-electron chi connectivity index (χ4n) is 3.48. The quantitative estimate of drug-likeness (QED) is 0.853. The van der Waals surface area contributed by atoms with Crippen molar-refractivity contribution in [1.29, 1.82) is 0 Å². The number of morpholine rings is 1. The van der Waals surface area contributed by atoms with Crippen LogP contribution in [-0.2, 0) is 10.9 Å². The molecule has 2 fully saturated rings. The van der Waals surface area contributed by atoms with Crippen LogP contribution in [-0.4, -0.2) is 31.1 Å². The largest absolute Gasteiger partial charge is 0.416 e. The van der Waals surface area contributed by atoms with Crippen molar-refractivity contribution in [1.82, 2.24) is 5.32 Å². The number of carbonyl (C=O) groups is 1. The van der Waals surface area contributed by atoms with Gasteiger partial charge in [0.2, 0.25) is 0 Å². The molecule has 2 aliphatic heterocycles. The molecule has 2 unspecified atom stereocenters. The van der Waals surface area contributed by atoms with Gasteiger partial charge in [-0.15, -0.1) is 0 Å². The van der Waals surface area contributed by atoms with Gasteiger partial charge in [0.15, 0.2) is 5.78 Å². The molecule has 120 valence electrons. The summed E-state index contributed by atoms with van der Waals surface area (Å²) >= 11 is 0. The fraction of sp³-hybridized carbons (Fsp3) is 0.562. The van der Waals surface area contributed by atoms with Crippen LogP contribution >= 0.6 is 0 Å². The summed E-state index contributed by atoms with van der Waals surface area (Å²) in [4.78, 5) is 12.7. The van der Waals surface area contributed by atoms with E-state index in [1.165, 1.54) is 19.1 Å². The van der Waals surface area contributed by atoms with E-state index in [2.05, 4.69) is 5.32 Å². The molecule has 1 N–H and O–H groups in total. The molecular formula is C16H18F3NO2. The Kier molecular flexibility index (Phi) is 3.99. The standard InChI is InChI=1S/C16H18F3NO2/c1-9-13(3-2-4-14(9)16(17,18)19)15(21)10-5-11-7-22-8-12(6-10)20-11/h2-4,10-12,20H,5-8H2,1H3. The van der Waals surface area contributed by atoms with Gasteiger partial charge in [-0.2, -0.15) is 13.2 Å². The van der Waals surface area contributed by atoms with Gasteiger partial charge < -0.3 is 10.1 Å². The number of hydrogen-bond donors (Lipinski definition) is 1. The van der Waals surface area contributed by atoms with Gasteiger partial charge in [-0.05, 0) is 31.4 Å². The van der Waals surface area contributed by atoms with E-state index in [1.807, 2.05) is 0 Å². The molecule has 3 nitrogen and oxygen atoms in total. The molecule has 6 heteroatoms. The van der Waals surface area contributed by atoms with Crippen molar-refractivity contribution in [2.75, 3.05) is 13.2 Å². The molecule has 2 heterocycles. The highest BCUT2D eigenvalue weighted by Gasteiger charge is 2.38. The molecule has 0 aliphatic carbocycles. The Hall–Kier alpha value is -1.40. The third-order valence-electron chi connectivity index (χ3n) is 4.52. The van der Waals surface area contributed by atoms with Gasteiger partial charge in [-0.3, -0.25) is 4.79 Å². The number of halogens is 3. The van der Waals surface area contributed by atoms with Crippen molar-refractivity contribution >= 4 is 5.78 Å². The molecule has 0 aromatic heterocycles. The number of piperidine rings is 1. The average molecular weight is 313 g/mol. The van der Waals surface area contributed by atoms with E-state index >= 15 is 0 Å². The number of rotatable bonds is 2. The lowest BCUT2D eigenvalue weighted by Crippen LogP contribution is -2.55. The first-order chi connectivity index (χ1) is 10.4. The average Bonchev–Trinajstić information content (AvgIpc) is 2.45. The Balaban J connectivity index is 1.86. The molecule has 2 atom stereocenters. The minimum Gasteiger partial charge on any atom is -0.378 e. The number of hydrogen-bond acceptors (Lipinski definition) is 3. The first kappa shape index (κ1) is 15.5. The minimum atomic E-state index is -4.43. The highest BCUT2D eigenvalue weighted by atomic mass is 19.4. The molecule has 0 amide bonds. The summed E-state index contributed by atoms with van der Waals surface area (Å²) in [5, 5.41) is 3.38. The summed E-state index contributed by atoms with van der Waals surface area (Å²) in [5.74, 6) is -0.413. The van der Waals surface area contributed by atoms with Crippen LogP contribution in [0.25, 0.3) is 0 Å². The summed E-state index contributed by atoms with van der Waals surface area (Å²) in [7, 11) is 0. The van der Waals surface area contributed by atoms with Crippen LogP contribution in [0, 0.1) is 12.8 Å². The van der Waals surface area contributed by atoms with Crippen LogP contribution in [0.2, 0.25) is 0 Å². The first-order valence-electron chi connectivity index (χ1n) is 7.41. The second-order valence-corrected chi connectivity index (χ2v) is 6.11. The molecule has 1 aromatic rings. The van der Waals surface area contributed by atoms with Crippen LogP contribution in [0.4, 0.5) is 13.2 Å². The number of alkyl halides is 3. The number of Topliss-reactive ketones (excluding diaryl/α,β-unsaturated/α-hetero) is 1. The lowest BCUT2D eigenvalue weighted by molar-refractivity contribution is -0.138. The molecular weight excluding hydrogens is 295 g/mol. The van der Waals surface area contributed by atoms with E-state index in [0.29, 0.717) is 26.1 Å². The molecule has 2 saturated heterocycles. The third-order valence-corrected chi connectivity index (χ3v) is 4.52. The number of ether oxygens (including phenoxy) is 1. The molecule has 0 saturated carbocycles. The van der Waals surface area contributed by atoms with Gasteiger partial charge in [0, 0.05) is 23.6 Å². The predicted octanol–water partition coefficient (Wildman–Crippen LogP) is 2.96. The monoisotopic (exact) mass is 313 g/mol. The van der Waals surface area contributed by atoms with Gasteiger partial charge >= 0.3 is 6.18 Å².